The van der Waals surface area contributed by atoms with E-state index in [2.05, 4.69) is 30.9 Å². The van der Waals surface area contributed by atoms with Crippen LogP contribution in [0.1, 0.15) is 6.42 Å². The first-order chi connectivity index (χ1) is 15.6. The van der Waals surface area contributed by atoms with E-state index in [-0.39, 0.29) is 24.2 Å². The highest BCUT2D eigenvalue weighted by molar-refractivity contribution is 6.30. The van der Waals surface area contributed by atoms with Crippen LogP contribution in [-0.4, -0.2) is 46.4 Å². The van der Waals surface area contributed by atoms with Crippen molar-refractivity contribution in [3.63, 3.8) is 0 Å². The second-order valence-electron chi connectivity index (χ2n) is 7.23. The van der Waals surface area contributed by atoms with Crippen LogP contribution in [0.2, 0.25) is 5.02 Å². The Bertz CT molecular complexity index is 1080. The Morgan fingerprint density at radius 1 is 1.03 bits per heavy atom. The largest absolute Gasteiger partial charge is 0.368 e. The minimum absolute atomic E-state index is 0.0699. The third-order valence-corrected chi connectivity index (χ3v) is 5.20. The fourth-order valence-corrected chi connectivity index (χ4v) is 3.49. The van der Waals surface area contributed by atoms with Gasteiger partial charge in [-0.1, -0.05) is 17.7 Å². The number of rotatable bonds is 8. The quantitative estimate of drug-likeness (QED) is 0.451. The van der Waals surface area contributed by atoms with Gasteiger partial charge in [0, 0.05) is 49.0 Å². The Hall–Kier alpha value is -3.72. The molecule has 1 aromatic carbocycles. The number of anilines is 4. The van der Waals surface area contributed by atoms with Crippen molar-refractivity contribution in [2.75, 3.05) is 35.2 Å². The molecule has 4 rings (SSSR count). The topological polar surface area (TPSA) is 112 Å². The molecule has 2 amide bonds. The van der Waals surface area contributed by atoms with Crippen molar-refractivity contribution in [1.82, 2.24) is 20.3 Å². The summed E-state index contributed by atoms with van der Waals surface area (Å²) in [5.41, 5.74) is 0.746. The highest BCUT2D eigenvalue weighted by Gasteiger charge is 2.34. The number of carbonyl (C=O) groups is 2. The lowest BCUT2D eigenvalue weighted by atomic mass is 10.1. The van der Waals surface area contributed by atoms with Gasteiger partial charge in [0.15, 0.2) is 0 Å². The van der Waals surface area contributed by atoms with Crippen LogP contribution in [0.4, 0.5) is 23.1 Å². The summed E-state index contributed by atoms with van der Waals surface area (Å²) in [7, 11) is 0. The third kappa shape index (κ3) is 5.50. The van der Waals surface area contributed by atoms with Crippen LogP contribution < -0.4 is 20.9 Å². The van der Waals surface area contributed by atoms with Crippen LogP contribution in [0.15, 0.2) is 61.1 Å². The van der Waals surface area contributed by atoms with Crippen molar-refractivity contribution in [1.29, 1.82) is 0 Å². The first kappa shape index (κ1) is 21.5. The van der Waals surface area contributed by atoms with E-state index in [0.717, 1.165) is 5.69 Å². The molecule has 1 saturated heterocycles. The Morgan fingerprint density at radius 3 is 2.62 bits per heavy atom. The van der Waals surface area contributed by atoms with Crippen molar-refractivity contribution in [2.45, 2.75) is 6.42 Å². The van der Waals surface area contributed by atoms with Gasteiger partial charge < -0.3 is 20.9 Å². The van der Waals surface area contributed by atoms with Crippen LogP contribution in [0, 0.1) is 5.92 Å². The molecule has 1 aliphatic heterocycles. The summed E-state index contributed by atoms with van der Waals surface area (Å²) >= 11 is 5.91. The molecule has 0 bridgehead atoms. The number of halogens is 1. The van der Waals surface area contributed by atoms with Gasteiger partial charge in [0.05, 0.1) is 5.92 Å². The van der Waals surface area contributed by atoms with Gasteiger partial charge in [-0.15, -0.1) is 0 Å². The zero-order valence-electron chi connectivity index (χ0n) is 17.2. The molecule has 1 fully saturated rings. The summed E-state index contributed by atoms with van der Waals surface area (Å²) < 4.78 is 0. The molecule has 32 heavy (non-hydrogen) atoms. The molecule has 2 aromatic heterocycles. The standard InChI is InChI=1S/C22H22ClN7O2/c23-16-4-6-17(7-5-16)30-13-15(11-21(30)31)22(32)26-10-9-25-19-12-20(28-14-27-19)29-18-3-1-2-8-24-18/h1-8,12,14-15H,9-11,13H2,(H,26,32)(H2,24,25,27,28,29). The zero-order chi connectivity index (χ0) is 22.3. The van der Waals surface area contributed by atoms with Gasteiger partial charge in [0.1, 0.15) is 23.8 Å². The molecular formula is C22H22ClN7O2. The second kappa shape index (κ2) is 10.1. The molecule has 0 aliphatic carbocycles. The first-order valence-electron chi connectivity index (χ1n) is 10.2. The summed E-state index contributed by atoms with van der Waals surface area (Å²) in [6.07, 6.45) is 3.33. The lowest BCUT2D eigenvalue weighted by Gasteiger charge is -2.17. The predicted molar refractivity (Wildman–Crippen MR) is 123 cm³/mol. The average Bonchev–Trinajstić information content (AvgIpc) is 3.20. The van der Waals surface area contributed by atoms with Crippen LogP contribution in [-0.2, 0) is 9.59 Å². The molecule has 0 saturated carbocycles. The molecule has 0 radical (unpaired) electrons. The van der Waals surface area contributed by atoms with Gasteiger partial charge in [-0.05, 0) is 36.4 Å². The molecule has 1 aliphatic rings. The second-order valence-corrected chi connectivity index (χ2v) is 7.66. The lowest BCUT2D eigenvalue weighted by molar-refractivity contribution is -0.126. The maximum atomic E-state index is 12.5. The number of nitrogens with one attached hydrogen (secondary N) is 3. The minimum Gasteiger partial charge on any atom is -0.368 e. The van der Waals surface area contributed by atoms with Gasteiger partial charge in [-0.3, -0.25) is 9.59 Å². The molecule has 164 valence electrons. The SMILES string of the molecule is O=C(NCCNc1cc(Nc2ccccn2)ncn1)C1CC(=O)N(c2ccc(Cl)cc2)C1. The van der Waals surface area contributed by atoms with Crippen LogP contribution in [0.3, 0.4) is 0 Å². The van der Waals surface area contributed by atoms with Gasteiger partial charge >= 0.3 is 0 Å². The highest BCUT2D eigenvalue weighted by Crippen LogP contribution is 2.26. The summed E-state index contributed by atoms with van der Waals surface area (Å²) in [5.74, 6) is 1.32. The molecule has 3 aromatic rings. The van der Waals surface area contributed by atoms with Crippen LogP contribution in [0.25, 0.3) is 0 Å². The fourth-order valence-electron chi connectivity index (χ4n) is 3.36. The maximum absolute atomic E-state index is 12.5. The van der Waals surface area contributed by atoms with Crippen molar-refractivity contribution in [2.24, 2.45) is 5.92 Å². The smallest absolute Gasteiger partial charge is 0.227 e. The predicted octanol–water partition coefficient (Wildman–Crippen LogP) is 2.85. The van der Waals surface area contributed by atoms with E-state index < -0.39 is 0 Å². The summed E-state index contributed by atoms with van der Waals surface area (Å²) in [5, 5.41) is 9.73. The third-order valence-electron chi connectivity index (χ3n) is 4.95. The number of nitrogens with zero attached hydrogens (tertiary/aromatic N) is 4. The van der Waals surface area contributed by atoms with Crippen molar-refractivity contribution in [3.8, 4) is 0 Å². The number of pyridine rings is 1. The summed E-state index contributed by atoms with van der Waals surface area (Å²) in [6, 6.07) is 14.3. The molecule has 10 heteroatoms. The van der Waals surface area contributed by atoms with E-state index in [4.69, 9.17) is 11.6 Å². The number of carbonyl (C=O) groups excluding carboxylic acids is 2. The van der Waals surface area contributed by atoms with Crippen LogP contribution >= 0.6 is 11.6 Å². The Morgan fingerprint density at radius 2 is 1.84 bits per heavy atom. The van der Waals surface area contributed by atoms with Gasteiger partial charge in [-0.2, -0.15) is 0 Å². The Labute approximate surface area is 190 Å². The van der Waals surface area contributed by atoms with E-state index in [1.165, 1.54) is 6.33 Å². The van der Waals surface area contributed by atoms with Crippen molar-refractivity contribution < 1.29 is 9.59 Å². The van der Waals surface area contributed by atoms with Gasteiger partial charge in [0.25, 0.3) is 0 Å². The maximum Gasteiger partial charge on any atom is 0.227 e. The number of aromatic nitrogens is 3. The molecule has 0 spiro atoms. The van der Waals surface area contributed by atoms with E-state index in [1.807, 2.05) is 18.2 Å². The molecular weight excluding hydrogens is 430 g/mol. The Kier molecular flexibility index (Phi) is 6.76. The minimum atomic E-state index is -0.383. The number of benzene rings is 1. The molecule has 1 atom stereocenters. The van der Waals surface area contributed by atoms with E-state index in [0.29, 0.717) is 42.1 Å². The van der Waals surface area contributed by atoms with E-state index in [9.17, 15) is 9.59 Å². The van der Waals surface area contributed by atoms with Crippen molar-refractivity contribution >= 4 is 46.6 Å². The number of hydrogen-bond donors (Lipinski definition) is 3. The number of amides is 2. The first-order valence-corrected chi connectivity index (χ1v) is 10.5. The molecule has 3 heterocycles. The summed E-state index contributed by atoms with van der Waals surface area (Å²) in [6.45, 7) is 1.24. The van der Waals surface area contributed by atoms with Crippen LogP contribution in [0.5, 0.6) is 0 Å². The molecule has 9 nitrogen and oxygen atoms in total. The van der Waals surface area contributed by atoms with Crippen molar-refractivity contribution in [3.05, 3.63) is 66.1 Å². The molecule has 3 N–H and O–H groups in total. The van der Waals surface area contributed by atoms with E-state index >= 15 is 0 Å². The fraction of sp³-hybridized carbons (Fsp3) is 0.227. The van der Waals surface area contributed by atoms with Gasteiger partial charge in [-0.25, -0.2) is 15.0 Å². The Balaban J connectivity index is 1.23. The normalized spacial score (nSPS) is 15.5. The zero-order valence-corrected chi connectivity index (χ0v) is 17.9. The molecule has 1 unspecified atom stereocenters. The van der Waals surface area contributed by atoms with E-state index in [1.54, 1.807) is 41.4 Å². The summed E-state index contributed by atoms with van der Waals surface area (Å²) in [4.78, 5) is 39.0. The lowest BCUT2D eigenvalue weighted by Crippen LogP contribution is -2.35. The monoisotopic (exact) mass is 451 g/mol. The van der Waals surface area contributed by atoms with Gasteiger partial charge in [0.2, 0.25) is 11.8 Å². The highest BCUT2D eigenvalue weighted by atomic mass is 35.5. The number of hydrogen-bond acceptors (Lipinski definition) is 7. The average molecular weight is 452 g/mol.